The highest BCUT2D eigenvalue weighted by molar-refractivity contribution is 6.44. The lowest BCUT2D eigenvalue weighted by molar-refractivity contribution is -0.116. The van der Waals surface area contributed by atoms with Crippen molar-refractivity contribution >= 4 is 22.9 Å². The van der Waals surface area contributed by atoms with Crippen LogP contribution in [0.1, 0.15) is 16.7 Å². The van der Waals surface area contributed by atoms with E-state index in [0.29, 0.717) is 18.7 Å². The summed E-state index contributed by atoms with van der Waals surface area (Å²) in [5, 5.41) is 1.69. The minimum atomic E-state index is -0.600. The first-order valence-corrected chi connectivity index (χ1v) is 8.18. The Morgan fingerprint density at radius 1 is 1.27 bits per heavy atom. The number of aliphatic imine (C=N–C) groups is 1. The molecule has 5 nitrogen and oxygen atoms in total. The van der Waals surface area contributed by atoms with Gasteiger partial charge in [-0.3, -0.25) is 4.79 Å². The first-order valence-electron chi connectivity index (χ1n) is 8.18. The Balaban J connectivity index is 2.01. The summed E-state index contributed by atoms with van der Waals surface area (Å²) < 4.78 is 13.2. The van der Waals surface area contributed by atoms with E-state index in [1.807, 2.05) is 25.2 Å². The van der Waals surface area contributed by atoms with Crippen molar-refractivity contribution in [3.8, 4) is 0 Å². The van der Waals surface area contributed by atoms with E-state index in [1.165, 1.54) is 12.1 Å². The Kier molecular flexibility index (Phi) is 5.25. The number of hydroxylamine groups is 2. The third-order valence-corrected chi connectivity index (χ3v) is 4.27. The van der Waals surface area contributed by atoms with Crippen molar-refractivity contribution in [2.75, 3.05) is 14.2 Å². The SMILES string of the molecule is CON(C)Cc1ccc2c(c1)N=C(C(N)=O)C=C(c1ccc(F)cc1)C2. The Morgan fingerprint density at radius 3 is 2.65 bits per heavy atom. The van der Waals surface area contributed by atoms with Crippen LogP contribution in [0.3, 0.4) is 0 Å². The summed E-state index contributed by atoms with van der Waals surface area (Å²) in [7, 11) is 3.43. The van der Waals surface area contributed by atoms with Crippen molar-refractivity contribution in [1.82, 2.24) is 5.06 Å². The van der Waals surface area contributed by atoms with Crippen molar-refractivity contribution in [2.24, 2.45) is 10.7 Å². The number of fused-ring (bicyclic) bond motifs is 1. The van der Waals surface area contributed by atoms with Crippen molar-refractivity contribution in [3.63, 3.8) is 0 Å². The summed E-state index contributed by atoms with van der Waals surface area (Å²) in [6.07, 6.45) is 2.25. The fourth-order valence-corrected chi connectivity index (χ4v) is 2.84. The Bertz CT molecular complexity index is 888. The van der Waals surface area contributed by atoms with Gasteiger partial charge in [0.25, 0.3) is 5.91 Å². The maximum Gasteiger partial charge on any atom is 0.267 e. The molecule has 3 rings (SSSR count). The van der Waals surface area contributed by atoms with Crippen LogP contribution in [0.2, 0.25) is 0 Å². The molecule has 1 aliphatic heterocycles. The molecule has 1 heterocycles. The molecule has 0 spiro atoms. The van der Waals surface area contributed by atoms with Gasteiger partial charge in [-0.05, 0) is 46.5 Å². The minimum Gasteiger partial charge on any atom is -0.364 e. The molecule has 0 aliphatic carbocycles. The summed E-state index contributed by atoms with van der Waals surface area (Å²) in [6, 6.07) is 12.1. The van der Waals surface area contributed by atoms with E-state index in [9.17, 15) is 9.18 Å². The number of carbonyl (C=O) groups is 1. The van der Waals surface area contributed by atoms with E-state index < -0.39 is 5.91 Å². The van der Waals surface area contributed by atoms with E-state index in [2.05, 4.69) is 4.99 Å². The van der Waals surface area contributed by atoms with Crippen molar-refractivity contribution in [3.05, 3.63) is 71.0 Å². The van der Waals surface area contributed by atoms with Crippen LogP contribution in [-0.4, -0.2) is 30.8 Å². The third kappa shape index (κ3) is 4.04. The summed E-state index contributed by atoms with van der Waals surface area (Å²) >= 11 is 0. The standard InChI is InChI=1S/C20H20FN3O2/c1-24(26-2)12-13-3-4-15-10-16(14-5-7-17(21)8-6-14)11-19(20(22)25)23-18(15)9-13/h3-9,11H,10,12H2,1-2H3,(H2,22,25). The van der Waals surface area contributed by atoms with E-state index in [1.54, 1.807) is 30.4 Å². The number of hydrogen-bond donors (Lipinski definition) is 1. The highest BCUT2D eigenvalue weighted by atomic mass is 19.1. The first kappa shape index (κ1) is 18.0. The number of hydrogen-bond acceptors (Lipinski definition) is 4. The van der Waals surface area contributed by atoms with Crippen LogP contribution in [0.4, 0.5) is 10.1 Å². The van der Waals surface area contributed by atoms with Gasteiger partial charge in [0.1, 0.15) is 11.5 Å². The molecule has 0 atom stereocenters. The van der Waals surface area contributed by atoms with E-state index >= 15 is 0 Å². The quantitative estimate of drug-likeness (QED) is 0.840. The number of halogens is 1. The van der Waals surface area contributed by atoms with Gasteiger partial charge in [-0.1, -0.05) is 24.3 Å². The highest BCUT2D eigenvalue weighted by Crippen LogP contribution is 2.31. The molecule has 0 bridgehead atoms. The fourth-order valence-electron chi connectivity index (χ4n) is 2.84. The first-order chi connectivity index (χ1) is 12.5. The van der Waals surface area contributed by atoms with E-state index in [-0.39, 0.29) is 11.5 Å². The van der Waals surface area contributed by atoms with Crippen molar-refractivity contribution in [1.29, 1.82) is 0 Å². The monoisotopic (exact) mass is 353 g/mol. The number of amides is 1. The highest BCUT2D eigenvalue weighted by Gasteiger charge is 2.17. The van der Waals surface area contributed by atoms with Crippen LogP contribution in [0.5, 0.6) is 0 Å². The molecule has 134 valence electrons. The van der Waals surface area contributed by atoms with Crippen LogP contribution < -0.4 is 5.73 Å². The van der Waals surface area contributed by atoms with Gasteiger partial charge in [0.2, 0.25) is 0 Å². The molecule has 0 saturated heterocycles. The van der Waals surface area contributed by atoms with Crippen LogP contribution in [-0.2, 0) is 22.6 Å². The third-order valence-electron chi connectivity index (χ3n) is 4.27. The summed E-state index contributed by atoms with van der Waals surface area (Å²) in [6.45, 7) is 0.587. The van der Waals surface area contributed by atoms with Gasteiger partial charge in [0.05, 0.1) is 12.8 Å². The second-order valence-corrected chi connectivity index (χ2v) is 6.15. The molecule has 0 radical (unpaired) electrons. The number of carbonyl (C=O) groups excluding carboxylic acids is 1. The lowest BCUT2D eigenvalue weighted by Gasteiger charge is -2.15. The molecule has 0 unspecified atom stereocenters. The number of benzene rings is 2. The molecule has 2 aromatic rings. The summed E-state index contributed by atoms with van der Waals surface area (Å²) in [5.74, 6) is -0.907. The average Bonchev–Trinajstić information content (AvgIpc) is 2.81. The Morgan fingerprint density at radius 2 is 2.00 bits per heavy atom. The van der Waals surface area contributed by atoms with Crippen LogP contribution >= 0.6 is 0 Å². The molecule has 26 heavy (non-hydrogen) atoms. The fraction of sp³-hybridized carbons (Fsp3) is 0.200. The number of nitrogens with two attached hydrogens (primary N) is 1. The summed E-state index contributed by atoms with van der Waals surface area (Å²) in [4.78, 5) is 21.4. The van der Waals surface area contributed by atoms with Crippen LogP contribution in [0.25, 0.3) is 5.57 Å². The largest absolute Gasteiger partial charge is 0.364 e. The van der Waals surface area contributed by atoms with Gasteiger partial charge in [0, 0.05) is 20.0 Å². The predicted molar refractivity (Wildman–Crippen MR) is 99.3 cm³/mol. The molecule has 6 heteroatoms. The normalized spacial score (nSPS) is 13.7. The van der Waals surface area contributed by atoms with E-state index in [0.717, 1.165) is 22.3 Å². The van der Waals surface area contributed by atoms with Crippen molar-refractivity contribution < 1.29 is 14.0 Å². The van der Waals surface area contributed by atoms with Gasteiger partial charge in [0.15, 0.2) is 0 Å². The van der Waals surface area contributed by atoms with Crippen LogP contribution in [0.15, 0.2) is 53.5 Å². The van der Waals surface area contributed by atoms with Gasteiger partial charge in [-0.15, -0.1) is 0 Å². The van der Waals surface area contributed by atoms with Gasteiger partial charge >= 0.3 is 0 Å². The molecular weight excluding hydrogens is 333 g/mol. The molecule has 2 N–H and O–H groups in total. The van der Waals surface area contributed by atoms with Crippen molar-refractivity contribution in [2.45, 2.75) is 13.0 Å². The molecule has 0 saturated carbocycles. The Labute approximate surface area is 151 Å². The zero-order valence-electron chi connectivity index (χ0n) is 14.7. The second kappa shape index (κ2) is 7.59. The number of rotatable bonds is 5. The summed E-state index contributed by atoms with van der Waals surface area (Å²) in [5.41, 5.74) is 10.1. The van der Waals surface area contributed by atoms with Gasteiger partial charge < -0.3 is 10.6 Å². The van der Waals surface area contributed by atoms with Gasteiger partial charge in [-0.2, -0.15) is 5.06 Å². The molecule has 0 aromatic heterocycles. The molecular formula is C20H20FN3O2. The average molecular weight is 353 g/mol. The maximum atomic E-state index is 13.2. The smallest absolute Gasteiger partial charge is 0.267 e. The number of nitrogens with zero attached hydrogens (tertiary/aromatic N) is 2. The Hall–Kier alpha value is -2.83. The maximum absolute atomic E-state index is 13.2. The molecule has 1 aliphatic rings. The molecule has 2 aromatic carbocycles. The molecule has 1 amide bonds. The zero-order valence-corrected chi connectivity index (χ0v) is 14.7. The minimum absolute atomic E-state index is 0.181. The second-order valence-electron chi connectivity index (χ2n) is 6.15. The van der Waals surface area contributed by atoms with Gasteiger partial charge in [-0.25, -0.2) is 9.38 Å². The van der Waals surface area contributed by atoms with E-state index in [4.69, 9.17) is 10.6 Å². The predicted octanol–water partition coefficient (Wildman–Crippen LogP) is 3.02. The molecule has 0 fully saturated rings. The van der Waals surface area contributed by atoms with Crippen LogP contribution in [0, 0.1) is 5.82 Å². The lowest BCUT2D eigenvalue weighted by Crippen LogP contribution is -2.21. The number of primary amides is 1. The lowest BCUT2D eigenvalue weighted by atomic mass is 9.96. The zero-order chi connectivity index (χ0) is 18.7. The number of allylic oxidation sites excluding steroid dienone is 1. The topological polar surface area (TPSA) is 67.9 Å².